The monoisotopic (exact) mass is 374 g/mol. The number of nitrogens with one attached hydrogen (secondary N) is 2. The van der Waals surface area contributed by atoms with Crippen molar-refractivity contribution in [1.29, 1.82) is 0 Å². The molecule has 0 atom stereocenters. The zero-order valence-corrected chi connectivity index (χ0v) is 15.7. The molecule has 142 valence electrons. The largest absolute Gasteiger partial charge is 0.359 e. The molecule has 1 heterocycles. The predicted molar refractivity (Wildman–Crippen MR) is 108 cm³/mol. The highest BCUT2D eigenvalue weighted by molar-refractivity contribution is 6.05. The first kappa shape index (κ1) is 18.0. The smallest absolute Gasteiger partial charge is 0.276 e. The first-order valence-corrected chi connectivity index (χ1v) is 9.43. The highest BCUT2D eigenvalue weighted by Crippen LogP contribution is 2.28. The standard InChI is InChI=1S/C22H22N4O2/c1-23-20(27)14-15-8-5-6-12-18(15)24-22(28)21-17-11-7-13-19(17)26(25-21)16-9-3-2-4-10-16/h2-6,8-10,12H,7,11,13-14H2,1H3,(H,23,27)(H,24,28). The van der Waals surface area contributed by atoms with Crippen LogP contribution in [0.2, 0.25) is 0 Å². The van der Waals surface area contributed by atoms with E-state index in [1.165, 1.54) is 0 Å². The summed E-state index contributed by atoms with van der Waals surface area (Å²) in [6, 6.07) is 17.2. The van der Waals surface area contributed by atoms with Crippen molar-refractivity contribution >= 4 is 17.5 Å². The van der Waals surface area contributed by atoms with Crippen molar-refractivity contribution in [1.82, 2.24) is 15.1 Å². The quantitative estimate of drug-likeness (QED) is 0.721. The van der Waals surface area contributed by atoms with Gasteiger partial charge in [0.05, 0.1) is 12.1 Å². The Morgan fingerprint density at radius 2 is 1.79 bits per heavy atom. The highest BCUT2D eigenvalue weighted by atomic mass is 16.2. The molecular formula is C22H22N4O2. The van der Waals surface area contributed by atoms with Crippen LogP contribution in [-0.2, 0) is 24.1 Å². The maximum absolute atomic E-state index is 13.0. The van der Waals surface area contributed by atoms with Gasteiger partial charge < -0.3 is 10.6 Å². The number of rotatable bonds is 5. The molecule has 0 saturated carbocycles. The van der Waals surface area contributed by atoms with E-state index in [1.807, 2.05) is 59.3 Å². The lowest BCUT2D eigenvalue weighted by Gasteiger charge is -2.10. The lowest BCUT2D eigenvalue weighted by molar-refractivity contribution is -0.119. The van der Waals surface area contributed by atoms with Crippen LogP contribution >= 0.6 is 0 Å². The average molecular weight is 374 g/mol. The maximum atomic E-state index is 13.0. The van der Waals surface area contributed by atoms with Crippen LogP contribution in [0.15, 0.2) is 54.6 Å². The van der Waals surface area contributed by atoms with Gasteiger partial charge in [0.2, 0.25) is 5.91 Å². The zero-order chi connectivity index (χ0) is 19.5. The minimum absolute atomic E-state index is 0.101. The molecule has 3 aromatic rings. The van der Waals surface area contributed by atoms with E-state index in [0.29, 0.717) is 11.4 Å². The first-order valence-electron chi connectivity index (χ1n) is 9.43. The molecule has 0 spiro atoms. The van der Waals surface area contributed by atoms with E-state index in [4.69, 9.17) is 0 Å². The summed E-state index contributed by atoms with van der Waals surface area (Å²) in [4.78, 5) is 24.8. The second kappa shape index (κ2) is 7.68. The van der Waals surface area contributed by atoms with Crippen molar-refractivity contribution in [3.8, 4) is 5.69 Å². The van der Waals surface area contributed by atoms with Gasteiger partial charge in [-0.15, -0.1) is 0 Å². The molecule has 0 unspecified atom stereocenters. The summed E-state index contributed by atoms with van der Waals surface area (Å²) in [5.41, 5.74) is 4.96. The van der Waals surface area contributed by atoms with Gasteiger partial charge in [0, 0.05) is 24.0 Å². The third kappa shape index (κ3) is 3.41. The lowest BCUT2D eigenvalue weighted by atomic mass is 10.1. The molecule has 0 fully saturated rings. The average Bonchev–Trinajstić information content (AvgIpc) is 3.32. The fourth-order valence-corrected chi connectivity index (χ4v) is 3.64. The Morgan fingerprint density at radius 1 is 1.04 bits per heavy atom. The van der Waals surface area contributed by atoms with Crippen LogP contribution in [0.5, 0.6) is 0 Å². The van der Waals surface area contributed by atoms with Crippen LogP contribution in [0, 0.1) is 0 Å². The number of aromatic nitrogens is 2. The minimum atomic E-state index is -0.239. The molecule has 6 nitrogen and oxygen atoms in total. The SMILES string of the molecule is CNC(=O)Cc1ccccc1NC(=O)c1nn(-c2ccccc2)c2c1CCC2. The van der Waals surface area contributed by atoms with Crippen LogP contribution in [0.3, 0.4) is 0 Å². The Morgan fingerprint density at radius 3 is 2.57 bits per heavy atom. The maximum Gasteiger partial charge on any atom is 0.276 e. The van der Waals surface area contributed by atoms with Gasteiger partial charge in [-0.1, -0.05) is 36.4 Å². The molecule has 0 saturated heterocycles. The number of hydrogen-bond acceptors (Lipinski definition) is 3. The number of likely N-dealkylation sites (N-methyl/N-ethyl adjacent to an activating group) is 1. The third-order valence-electron chi connectivity index (χ3n) is 5.04. The fourth-order valence-electron chi connectivity index (χ4n) is 3.64. The lowest BCUT2D eigenvalue weighted by Crippen LogP contribution is -2.21. The molecule has 1 aliphatic carbocycles. The molecular weight excluding hydrogens is 352 g/mol. The van der Waals surface area contributed by atoms with Crippen molar-refractivity contribution in [3.63, 3.8) is 0 Å². The van der Waals surface area contributed by atoms with E-state index in [2.05, 4.69) is 15.7 Å². The minimum Gasteiger partial charge on any atom is -0.359 e. The Kier molecular flexibility index (Phi) is 4.93. The summed E-state index contributed by atoms with van der Waals surface area (Å²) in [7, 11) is 1.60. The first-order chi connectivity index (χ1) is 13.7. The second-order valence-electron chi connectivity index (χ2n) is 6.84. The molecule has 2 N–H and O–H groups in total. The van der Waals surface area contributed by atoms with E-state index in [1.54, 1.807) is 7.05 Å². The highest BCUT2D eigenvalue weighted by Gasteiger charge is 2.27. The fraction of sp³-hybridized carbons (Fsp3) is 0.227. The van der Waals surface area contributed by atoms with Crippen LogP contribution in [0.1, 0.15) is 33.7 Å². The van der Waals surface area contributed by atoms with Crippen LogP contribution in [0.25, 0.3) is 5.69 Å². The van der Waals surface area contributed by atoms with Crippen LogP contribution in [-0.4, -0.2) is 28.6 Å². The number of para-hydroxylation sites is 2. The van der Waals surface area contributed by atoms with E-state index in [-0.39, 0.29) is 18.2 Å². The number of carbonyl (C=O) groups is 2. The summed E-state index contributed by atoms with van der Waals surface area (Å²) in [6.07, 6.45) is 3.00. The van der Waals surface area contributed by atoms with Crippen molar-refractivity contribution in [2.45, 2.75) is 25.7 Å². The molecule has 1 aromatic heterocycles. The van der Waals surface area contributed by atoms with E-state index < -0.39 is 0 Å². The number of nitrogens with zero attached hydrogens (tertiary/aromatic N) is 2. The summed E-state index contributed by atoms with van der Waals surface area (Å²) in [5.74, 6) is -0.340. The van der Waals surface area contributed by atoms with Gasteiger partial charge in [0.15, 0.2) is 5.69 Å². The van der Waals surface area contributed by atoms with Crippen LogP contribution < -0.4 is 10.6 Å². The van der Waals surface area contributed by atoms with E-state index in [0.717, 1.165) is 41.8 Å². The van der Waals surface area contributed by atoms with Gasteiger partial charge in [-0.2, -0.15) is 5.10 Å². The van der Waals surface area contributed by atoms with Gasteiger partial charge in [0.1, 0.15) is 0 Å². The Bertz CT molecular complexity index is 1020. The predicted octanol–water partition coefficient (Wildman–Crippen LogP) is 2.90. The van der Waals surface area contributed by atoms with Crippen molar-refractivity contribution in [2.24, 2.45) is 0 Å². The van der Waals surface area contributed by atoms with Gasteiger partial charge in [-0.05, 0) is 43.0 Å². The van der Waals surface area contributed by atoms with E-state index in [9.17, 15) is 9.59 Å². The molecule has 1 aliphatic rings. The van der Waals surface area contributed by atoms with Crippen molar-refractivity contribution in [3.05, 3.63) is 77.1 Å². The Balaban J connectivity index is 1.65. The van der Waals surface area contributed by atoms with E-state index >= 15 is 0 Å². The molecule has 0 bridgehead atoms. The third-order valence-corrected chi connectivity index (χ3v) is 5.04. The Labute approximate surface area is 163 Å². The number of anilines is 1. The molecule has 28 heavy (non-hydrogen) atoms. The zero-order valence-electron chi connectivity index (χ0n) is 15.7. The summed E-state index contributed by atoms with van der Waals surface area (Å²) < 4.78 is 1.88. The van der Waals surface area contributed by atoms with Gasteiger partial charge in [-0.3, -0.25) is 9.59 Å². The van der Waals surface area contributed by atoms with Crippen LogP contribution in [0.4, 0.5) is 5.69 Å². The van der Waals surface area contributed by atoms with Crippen molar-refractivity contribution in [2.75, 3.05) is 12.4 Å². The molecule has 2 aromatic carbocycles. The Hall–Kier alpha value is -3.41. The molecule has 6 heteroatoms. The molecule has 0 aliphatic heterocycles. The van der Waals surface area contributed by atoms with Gasteiger partial charge in [0.25, 0.3) is 5.91 Å². The van der Waals surface area contributed by atoms with Gasteiger partial charge in [-0.25, -0.2) is 4.68 Å². The summed E-state index contributed by atoms with van der Waals surface area (Å²) in [6.45, 7) is 0. The summed E-state index contributed by atoms with van der Waals surface area (Å²) in [5, 5.41) is 10.2. The van der Waals surface area contributed by atoms with Crippen molar-refractivity contribution < 1.29 is 9.59 Å². The number of hydrogen-bond donors (Lipinski definition) is 2. The topological polar surface area (TPSA) is 76.0 Å². The number of amides is 2. The molecule has 2 amide bonds. The number of benzene rings is 2. The number of carbonyl (C=O) groups excluding carboxylic acids is 2. The molecule has 4 rings (SSSR count). The molecule has 0 radical (unpaired) electrons. The number of fused-ring (bicyclic) bond motifs is 1. The normalized spacial score (nSPS) is 12.5. The summed E-state index contributed by atoms with van der Waals surface area (Å²) >= 11 is 0. The second-order valence-corrected chi connectivity index (χ2v) is 6.84. The van der Waals surface area contributed by atoms with Gasteiger partial charge >= 0.3 is 0 Å².